The van der Waals surface area contributed by atoms with Gasteiger partial charge in [0.1, 0.15) is 6.61 Å². The lowest BCUT2D eigenvalue weighted by molar-refractivity contribution is -0.138. The van der Waals surface area contributed by atoms with Gasteiger partial charge in [0, 0.05) is 31.5 Å². The number of ether oxygens (including phenoxy) is 1. The first-order chi connectivity index (χ1) is 16.4. The van der Waals surface area contributed by atoms with E-state index >= 15 is 0 Å². The summed E-state index contributed by atoms with van der Waals surface area (Å²) in [5.74, 6) is -0.937. The van der Waals surface area contributed by atoms with E-state index in [4.69, 9.17) is 9.84 Å². The molecule has 2 N–H and O–H groups in total. The van der Waals surface area contributed by atoms with Gasteiger partial charge in [-0.05, 0) is 48.4 Å². The Kier molecular flexibility index (Phi) is 9.08. The van der Waals surface area contributed by atoms with Crippen LogP contribution in [0, 0.1) is 0 Å². The van der Waals surface area contributed by atoms with Crippen LogP contribution in [0.3, 0.4) is 0 Å². The molecule has 0 aliphatic heterocycles. The van der Waals surface area contributed by atoms with E-state index in [0.717, 1.165) is 6.42 Å². The van der Waals surface area contributed by atoms with E-state index in [-0.39, 0.29) is 37.4 Å². The van der Waals surface area contributed by atoms with Crippen LogP contribution in [0.2, 0.25) is 0 Å². The number of carboxylic acids is 1. The van der Waals surface area contributed by atoms with Crippen LogP contribution in [-0.2, 0) is 14.3 Å². The van der Waals surface area contributed by atoms with Gasteiger partial charge in [0.2, 0.25) is 5.91 Å². The zero-order valence-electron chi connectivity index (χ0n) is 20.0. The third kappa shape index (κ3) is 6.59. The van der Waals surface area contributed by atoms with Gasteiger partial charge >= 0.3 is 12.1 Å². The van der Waals surface area contributed by atoms with Gasteiger partial charge in [0.25, 0.3) is 0 Å². The highest BCUT2D eigenvalue weighted by Gasteiger charge is 2.29. The number of carboxylic acid groups (broad SMARTS) is 1. The Bertz CT molecular complexity index is 961. The van der Waals surface area contributed by atoms with Crippen molar-refractivity contribution in [1.29, 1.82) is 0 Å². The molecule has 1 atom stereocenters. The predicted molar refractivity (Wildman–Crippen MR) is 131 cm³/mol. The van der Waals surface area contributed by atoms with E-state index in [1.54, 1.807) is 4.90 Å². The largest absolute Gasteiger partial charge is 0.481 e. The van der Waals surface area contributed by atoms with Crippen molar-refractivity contribution in [1.82, 2.24) is 10.2 Å². The molecule has 1 unspecified atom stereocenters. The first kappa shape index (κ1) is 25.3. The van der Waals surface area contributed by atoms with Crippen molar-refractivity contribution in [3.05, 3.63) is 59.7 Å². The van der Waals surface area contributed by atoms with Crippen molar-refractivity contribution in [2.45, 2.75) is 57.9 Å². The fourth-order valence-electron chi connectivity index (χ4n) is 4.49. The lowest BCUT2D eigenvalue weighted by atomic mass is 9.98. The molecule has 0 saturated carbocycles. The van der Waals surface area contributed by atoms with Gasteiger partial charge in [-0.15, -0.1) is 0 Å². The van der Waals surface area contributed by atoms with E-state index in [1.807, 2.05) is 38.1 Å². The van der Waals surface area contributed by atoms with Crippen molar-refractivity contribution >= 4 is 18.0 Å². The second-order valence-corrected chi connectivity index (χ2v) is 8.79. The summed E-state index contributed by atoms with van der Waals surface area (Å²) in [4.78, 5) is 37.2. The molecular weight excluding hydrogens is 432 g/mol. The molecule has 2 aromatic rings. The number of aliphatic carboxylic acids is 1. The first-order valence-corrected chi connectivity index (χ1v) is 12.0. The number of carbonyl (C=O) groups is 3. The number of fused-ring (bicyclic) bond motifs is 3. The van der Waals surface area contributed by atoms with Crippen molar-refractivity contribution < 1.29 is 24.2 Å². The minimum absolute atomic E-state index is 0.0152. The SMILES string of the molecule is CCCN(CCC(=O)O)C(=O)CCCC(C)NC(=O)OCC1c2ccccc2-c2ccccc21. The van der Waals surface area contributed by atoms with Gasteiger partial charge in [-0.2, -0.15) is 0 Å². The average Bonchev–Trinajstić information content (AvgIpc) is 3.14. The fraction of sp³-hybridized carbons (Fsp3) is 0.444. The minimum Gasteiger partial charge on any atom is -0.481 e. The van der Waals surface area contributed by atoms with Crippen LogP contribution >= 0.6 is 0 Å². The number of carbonyl (C=O) groups excluding carboxylic acids is 2. The molecule has 7 nitrogen and oxygen atoms in total. The van der Waals surface area contributed by atoms with Crippen LogP contribution in [0.1, 0.15) is 63.0 Å². The molecule has 2 amide bonds. The minimum atomic E-state index is -0.908. The number of nitrogens with one attached hydrogen (secondary N) is 1. The Morgan fingerprint density at radius 1 is 1.00 bits per heavy atom. The summed E-state index contributed by atoms with van der Waals surface area (Å²) in [6.07, 6.45) is 1.84. The standard InChI is InChI=1S/C27H34N2O5/c1-3-16-29(17-15-26(31)32)25(30)14-8-9-19(2)28-27(33)34-18-24-22-12-6-4-10-20(22)21-11-5-7-13-23(21)24/h4-7,10-13,19,24H,3,8-9,14-18H2,1-2H3,(H,28,33)(H,31,32). The van der Waals surface area contributed by atoms with Crippen molar-refractivity contribution in [2.75, 3.05) is 19.7 Å². The number of rotatable bonds is 12. The maximum absolute atomic E-state index is 12.4. The number of alkyl carbamates (subject to hydrolysis) is 1. The third-order valence-electron chi connectivity index (χ3n) is 6.18. The molecule has 0 aromatic heterocycles. The Morgan fingerprint density at radius 3 is 2.21 bits per heavy atom. The Balaban J connectivity index is 1.43. The van der Waals surface area contributed by atoms with Crippen LogP contribution in [0.25, 0.3) is 11.1 Å². The number of benzene rings is 2. The molecule has 0 fully saturated rings. The molecule has 0 radical (unpaired) electrons. The number of amides is 2. The number of hydrogen-bond acceptors (Lipinski definition) is 4. The van der Waals surface area contributed by atoms with Gasteiger partial charge in [-0.25, -0.2) is 4.79 Å². The molecule has 2 aromatic carbocycles. The van der Waals surface area contributed by atoms with E-state index in [0.29, 0.717) is 25.8 Å². The third-order valence-corrected chi connectivity index (χ3v) is 6.18. The zero-order chi connectivity index (χ0) is 24.5. The summed E-state index contributed by atoms with van der Waals surface area (Å²) in [5, 5.41) is 11.7. The summed E-state index contributed by atoms with van der Waals surface area (Å²) in [7, 11) is 0. The molecule has 1 aliphatic carbocycles. The predicted octanol–water partition coefficient (Wildman–Crippen LogP) is 4.80. The highest BCUT2D eigenvalue weighted by Crippen LogP contribution is 2.44. The van der Waals surface area contributed by atoms with Crippen LogP contribution in [-0.4, -0.2) is 53.7 Å². The van der Waals surface area contributed by atoms with Crippen molar-refractivity contribution in [3.8, 4) is 11.1 Å². The monoisotopic (exact) mass is 466 g/mol. The van der Waals surface area contributed by atoms with E-state index in [2.05, 4.69) is 29.6 Å². The number of nitrogens with zero attached hydrogens (tertiary/aromatic N) is 1. The van der Waals surface area contributed by atoms with Crippen molar-refractivity contribution in [2.24, 2.45) is 0 Å². The molecule has 7 heteroatoms. The lowest BCUT2D eigenvalue weighted by Crippen LogP contribution is -2.35. The second kappa shape index (κ2) is 12.2. The van der Waals surface area contributed by atoms with Gasteiger partial charge in [-0.1, -0.05) is 55.5 Å². The molecule has 0 saturated heterocycles. The molecule has 0 spiro atoms. The summed E-state index contributed by atoms with van der Waals surface area (Å²) >= 11 is 0. The van der Waals surface area contributed by atoms with Gasteiger partial charge < -0.3 is 20.1 Å². The van der Waals surface area contributed by atoms with E-state index in [9.17, 15) is 14.4 Å². The maximum atomic E-state index is 12.4. The van der Waals surface area contributed by atoms with Gasteiger partial charge in [0.15, 0.2) is 0 Å². The van der Waals surface area contributed by atoms with Crippen LogP contribution in [0.15, 0.2) is 48.5 Å². The zero-order valence-corrected chi connectivity index (χ0v) is 20.0. The molecule has 0 bridgehead atoms. The highest BCUT2D eigenvalue weighted by atomic mass is 16.5. The Labute approximate surface area is 201 Å². The Morgan fingerprint density at radius 2 is 1.62 bits per heavy atom. The van der Waals surface area contributed by atoms with Gasteiger partial charge in [-0.3, -0.25) is 9.59 Å². The Hall–Kier alpha value is -3.35. The normalized spacial score (nSPS) is 13.0. The summed E-state index contributed by atoms with van der Waals surface area (Å²) < 4.78 is 5.58. The summed E-state index contributed by atoms with van der Waals surface area (Å²) in [5.41, 5.74) is 4.71. The maximum Gasteiger partial charge on any atom is 0.407 e. The van der Waals surface area contributed by atoms with Crippen molar-refractivity contribution in [3.63, 3.8) is 0 Å². The molecule has 34 heavy (non-hydrogen) atoms. The highest BCUT2D eigenvalue weighted by molar-refractivity contribution is 5.79. The summed E-state index contributed by atoms with van der Waals surface area (Å²) in [6, 6.07) is 16.3. The van der Waals surface area contributed by atoms with Crippen LogP contribution in [0.4, 0.5) is 4.79 Å². The van der Waals surface area contributed by atoms with Crippen LogP contribution in [0.5, 0.6) is 0 Å². The summed E-state index contributed by atoms with van der Waals surface area (Å²) in [6.45, 7) is 4.90. The second-order valence-electron chi connectivity index (χ2n) is 8.79. The molecule has 1 aliphatic rings. The smallest absolute Gasteiger partial charge is 0.407 e. The molecule has 0 heterocycles. The topological polar surface area (TPSA) is 95.9 Å². The molecule has 182 valence electrons. The van der Waals surface area contributed by atoms with Crippen LogP contribution < -0.4 is 5.32 Å². The van der Waals surface area contributed by atoms with E-state index in [1.165, 1.54) is 22.3 Å². The number of hydrogen-bond donors (Lipinski definition) is 2. The first-order valence-electron chi connectivity index (χ1n) is 12.0. The fourth-order valence-corrected chi connectivity index (χ4v) is 4.49. The lowest BCUT2D eigenvalue weighted by Gasteiger charge is -2.22. The molecule has 3 rings (SSSR count). The average molecular weight is 467 g/mol. The van der Waals surface area contributed by atoms with Gasteiger partial charge in [0.05, 0.1) is 6.42 Å². The molecular formula is C27H34N2O5. The van der Waals surface area contributed by atoms with E-state index < -0.39 is 12.1 Å². The quantitative estimate of drug-likeness (QED) is 0.469.